The van der Waals surface area contributed by atoms with Crippen LogP contribution in [0.2, 0.25) is 0 Å². The molecule has 0 saturated heterocycles. The summed E-state index contributed by atoms with van der Waals surface area (Å²) in [6.07, 6.45) is 5.63. The second kappa shape index (κ2) is 5.84. The molecule has 4 nitrogen and oxygen atoms in total. The molecule has 2 aliphatic rings. The number of fused-ring (bicyclic) bond motifs is 1. The quantitative estimate of drug-likeness (QED) is 0.891. The van der Waals surface area contributed by atoms with Crippen molar-refractivity contribution in [1.29, 1.82) is 0 Å². The molecule has 110 valence electrons. The van der Waals surface area contributed by atoms with Gasteiger partial charge in [0.05, 0.1) is 17.0 Å². The van der Waals surface area contributed by atoms with Gasteiger partial charge in [0.2, 0.25) is 0 Å². The van der Waals surface area contributed by atoms with E-state index in [-0.39, 0.29) is 24.1 Å². The maximum absolute atomic E-state index is 12.3. The van der Waals surface area contributed by atoms with Crippen molar-refractivity contribution in [3.05, 3.63) is 21.4 Å². The molecule has 3 rings (SSSR count). The third-order valence-electron chi connectivity index (χ3n) is 4.27. The third-order valence-corrected chi connectivity index (χ3v) is 5.50. The molecule has 0 radical (unpaired) electrons. The van der Waals surface area contributed by atoms with Gasteiger partial charge in [-0.25, -0.2) is 0 Å². The average Bonchev–Trinajstić information content (AvgIpc) is 2.88. The van der Waals surface area contributed by atoms with Gasteiger partial charge in [0.1, 0.15) is 0 Å². The molecule has 1 aromatic heterocycles. The van der Waals surface area contributed by atoms with Gasteiger partial charge >= 0.3 is 0 Å². The van der Waals surface area contributed by atoms with E-state index in [1.54, 1.807) is 11.3 Å². The normalized spacial score (nSPS) is 28.6. The highest BCUT2D eigenvalue weighted by atomic mass is 32.1. The predicted molar refractivity (Wildman–Crippen MR) is 80.2 cm³/mol. The molecule has 0 spiro atoms. The van der Waals surface area contributed by atoms with Gasteiger partial charge in [-0.2, -0.15) is 0 Å². The number of carbonyl (C=O) groups excluding carboxylic acids is 1. The smallest absolute Gasteiger partial charge is 0.261 e. The van der Waals surface area contributed by atoms with Gasteiger partial charge in [0.25, 0.3) is 5.91 Å². The second-order valence-electron chi connectivity index (χ2n) is 5.66. The molecule has 1 amide bonds. The summed E-state index contributed by atoms with van der Waals surface area (Å²) in [7, 11) is 0. The lowest BCUT2D eigenvalue weighted by Crippen LogP contribution is -2.64. The summed E-state index contributed by atoms with van der Waals surface area (Å²) >= 11 is 1.64. The Labute approximate surface area is 123 Å². The Hall–Kier alpha value is -0.910. The zero-order valence-electron chi connectivity index (χ0n) is 11.9. The first-order valence-electron chi connectivity index (χ1n) is 7.48. The van der Waals surface area contributed by atoms with Crippen molar-refractivity contribution in [3.63, 3.8) is 0 Å². The third kappa shape index (κ3) is 2.62. The summed E-state index contributed by atoms with van der Waals surface area (Å²) in [4.78, 5) is 14.6. The van der Waals surface area contributed by atoms with Gasteiger partial charge in [-0.3, -0.25) is 4.79 Å². The number of nitrogens with one attached hydrogen (secondary N) is 1. The summed E-state index contributed by atoms with van der Waals surface area (Å²) in [6.45, 7) is 2.63. The molecule has 2 aliphatic carbocycles. The summed E-state index contributed by atoms with van der Waals surface area (Å²) < 4.78 is 5.59. The Morgan fingerprint density at radius 2 is 2.30 bits per heavy atom. The van der Waals surface area contributed by atoms with E-state index in [0.29, 0.717) is 6.61 Å². The fourth-order valence-corrected chi connectivity index (χ4v) is 4.21. The predicted octanol–water partition coefficient (Wildman–Crippen LogP) is 1.86. The monoisotopic (exact) mass is 294 g/mol. The van der Waals surface area contributed by atoms with Gasteiger partial charge in [-0.15, -0.1) is 11.3 Å². The van der Waals surface area contributed by atoms with Crippen LogP contribution in [0.4, 0.5) is 0 Å². The average molecular weight is 294 g/mol. The number of hydrogen-bond acceptors (Lipinski definition) is 4. The number of ether oxygens (including phenoxy) is 1. The van der Waals surface area contributed by atoms with E-state index in [4.69, 9.17) is 10.5 Å². The first-order chi connectivity index (χ1) is 9.69. The van der Waals surface area contributed by atoms with Crippen molar-refractivity contribution in [3.8, 4) is 0 Å². The molecular weight excluding hydrogens is 272 g/mol. The number of hydrogen-bond donors (Lipinski definition) is 2. The number of rotatable bonds is 4. The maximum atomic E-state index is 12.3. The number of nitrogens with two attached hydrogens (primary N) is 1. The molecule has 0 bridgehead atoms. The molecule has 20 heavy (non-hydrogen) atoms. The van der Waals surface area contributed by atoms with Crippen LogP contribution in [0.15, 0.2) is 6.07 Å². The van der Waals surface area contributed by atoms with E-state index in [9.17, 15) is 4.79 Å². The topological polar surface area (TPSA) is 64.3 Å². The van der Waals surface area contributed by atoms with E-state index in [1.165, 1.54) is 23.3 Å². The molecule has 5 heteroatoms. The zero-order valence-corrected chi connectivity index (χ0v) is 12.7. The van der Waals surface area contributed by atoms with Crippen molar-refractivity contribution in [2.24, 2.45) is 5.73 Å². The summed E-state index contributed by atoms with van der Waals surface area (Å²) in [6, 6.07) is 2.04. The highest BCUT2D eigenvalue weighted by Crippen LogP contribution is 2.30. The molecule has 0 aromatic carbocycles. The van der Waals surface area contributed by atoms with Crippen LogP contribution in [-0.2, 0) is 17.6 Å². The minimum atomic E-state index is -0.0402. The van der Waals surface area contributed by atoms with E-state index in [2.05, 4.69) is 11.4 Å². The minimum Gasteiger partial charge on any atom is -0.376 e. The number of aryl methyl sites for hydroxylation is 2. The van der Waals surface area contributed by atoms with Crippen molar-refractivity contribution in [2.45, 2.75) is 57.2 Å². The van der Waals surface area contributed by atoms with E-state index >= 15 is 0 Å². The lowest BCUT2D eigenvalue weighted by atomic mass is 9.83. The Morgan fingerprint density at radius 1 is 1.50 bits per heavy atom. The van der Waals surface area contributed by atoms with Crippen LogP contribution >= 0.6 is 11.3 Å². The first-order valence-corrected chi connectivity index (χ1v) is 8.30. The first kappa shape index (κ1) is 14.0. The Kier molecular flexibility index (Phi) is 4.10. The Morgan fingerprint density at radius 3 is 3.00 bits per heavy atom. The minimum absolute atomic E-state index is 0.00857. The molecule has 1 aromatic rings. The molecule has 0 aliphatic heterocycles. The summed E-state index contributed by atoms with van der Waals surface area (Å²) in [5.41, 5.74) is 7.34. The van der Waals surface area contributed by atoms with E-state index in [0.717, 1.165) is 24.1 Å². The molecular formula is C15H22N2O2S. The van der Waals surface area contributed by atoms with Crippen molar-refractivity contribution >= 4 is 17.2 Å². The molecule has 1 fully saturated rings. The lowest BCUT2D eigenvalue weighted by Gasteiger charge is -2.42. The molecule has 3 atom stereocenters. The van der Waals surface area contributed by atoms with Gasteiger partial charge < -0.3 is 15.8 Å². The molecule has 3 unspecified atom stereocenters. The van der Waals surface area contributed by atoms with Crippen molar-refractivity contribution < 1.29 is 9.53 Å². The van der Waals surface area contributed by atoms with Gasteiger partial charge in [-0.05, 0) is 50.7 Å². The van der Waals surface area contributed by atoms with Gasteiger partial charge in [0, 0.05) is 17.5 Å². The van der Waals surface area contributed by atoms with Crippen LogP contribution in [-0.4, -0.2) is 30.7 Å². The van der Waals surface area contributed by atoms with Crippen LogP contribution in [0.1, 0.15) is 46.3 Å². The van der Waals surface area contributed by atoms with E-state index in [1.807, 2.05) is 6.92 Å². The van der Waals surface area contributed by atoms with E-state index < -0.39 is 0 Å². The maximum Gasteiger partial charge on any atom is 0.261 e. The number of carbonyl (C=O) groups is 1. The summed E-state index contributed by atoms with van der Waals surface area (Å²) in [5.74, 6) is 0.00857. The SMILES string of the molecule is CCOC1CC(N)C1NC(=O)c1cc2c(s1)CCCC2. The van der Waals surface area contributed by atoms with Gasteiger partial charge in [-0.1, -0.05) is 0 Å². The zero-order chi connectivity index (χ0) is 14.1. The fourth-order valence-electron chi connectivity index (χ4n) is 3.05. The van der Waals surface area contributed by atoms with Crippen molar-refractivity contribution in [2.75, 3.05) is 6.61 Å². The fraction of sp³-hybridized carbons (Fsp3) is 0.667. The van der Waals surface area contributed by atoms with Crippen LogP contribution < -0.4 is 11.1 Å². The molecule has 1 heterocycles. The standard InChI is InChI=1S/C15H22N2O2S/c1-2-19-11-8-10(16)14(11)17-15(18)13-7-9-5-3-4-6-12(9)20-13/h7,10-11,14H,2-6,8,16H2,1H3,(H,17,18). The van der Waals surface area contributed by atoms with Crippen LogP contribution in [0.5, 0.6) is 0 Å². The Balaban J connectivity index is 1.65. The van der Waals surface area contributed by atoms with Crippen LogP contribution in [0, 0.1) is 0 Å². The van der Waals surface area contributed by atoms with Crippen LogP contribution in [0.3, 0.4) is 0 Å². The highest BCUT2D eigenvalue weighted by molar-refractivity contribution is 7.14. The van der Waals surface area contributed by atoms with Gasteiger partial charge in [0.15, 0.2) is 0 Å². The number of thiophene rings is 1. The second-order valence-corrected chi connectivity index (χ2v) is 6.80. The van der Waals surface area contributed by atoms with Crippen LogP contribution in [0.25, 0.3) is 0 Å². The Bertz CT molecular complexity index is 475. The van der Waals surface area contributed by atoms with Crippen molar-refractivity contribution in [1.82, 2.24) is 5.32 Å². The lowest BCUT2D eigenvalue weighted by molar-refractivity contribution is -0.0299. The number of amides is 1. The molecule has 3 N–H and O–H groups in total. The highest BCUT2D eigenvalue weighted by Gasteiger charge is 2.40. The largest absolute Gasteiger partial charge is 0.376 e. The molecule has 1 saturated carbocycles. The summed E-state index contributed by atoms with van der Waals surface area (Å²) in [5, 5.41) is 3.05.